The first kappa shape index (κ1) is 19.6. The van der Waals surface area contributed by atoms with Gasteiger partial charge >= 0.3 is 6.18 Å². The van der Waals surface area contributed by atoms with Crippen molar-refractivity contribution in [1.82, 2.24) is 0 Å². The van der Waals surface area contributed by atoms with E-state index in [1.807, 2.05) is 0 Å². The molecule has 2 aromatic carbocycles. The van der Waals surface area contributed by atoms with Crippen molar-refractivity contribution in [1.29, 1.82) is 0 Å². The fourth-order valence-corrected chi connectivity index (χ4v) is 2.26. The van der Waals surface area contributed by atoms with Gasteiger partial charge in [-0.25, -0.2) is 0 Å². The molecule has 0 heterocycles. The number of amides is 1. The predicted molar refractivity (Wildman–Crippen MR) is 89.0 cm³/mol. The van der Waals surface area contributed by atoms with Crippen molar-refractivity contribution in [3.63, 3.8) is 0 Å². The van der Waals surface area contributed by atoms with Crippen molar-refractivity contribution in [3.8, 4) is 11.5 Å². The zero-order chi connectivity index (χ0) is 19.3. The summed E-state index contributed by atoms with van der Waals surface area (Å²) < 4.78 is 48.8. The van der Waals surface area contributed by atoms with Crippen LogP contribution < -0.4 is 14.8 Å². The molecule has 9 heteroatoms. The van der Waals surface area contributed by atoms with Gasteiger partial charge in [-0.15, -0.1) is 0 Å². The number of rotatable bonds is 6. The Hall–Kier alpha value is -2.74. The lowest BCUT2D eigenvalue weighted by Crippen LogP contribution is -2.20. The normalized spacial score (nSPS) is 11.0. The average molecular weight is 388 g/mol. The Kier molecular flexibility index (Phi) is 6.10. The molecule has 0 radical (unpaired) electrons. The van der Waals surface area contributed by atoms with Gasteiger partial charge in [0, 0.05) is 11.3 Å². The van der Waals surface area contributed by atoms with Gasteiger partial charge in [-0.3, -0.25) is 9.59 Å². The Morgan fingerprint density at radius 2 is 1.92 bits per heavy atom. The topological polar surface area (TPSA) is 64.6 Å². The minimum Gasteiger partial charge on any atom is -0.493 e. The summed E-state index contributed by atoms with van der Waals surface area (Å²) in [6, 6.07) is 7.38. The summed E-state index contributed by atoms with van der Waals surface area (Å²) in [5.74, 6) is -0.243. The third kappa shape index (κ3) is 4.89. The van der Waals surface area contributed by atoms with E-state index in [0.717, 1.165) is 12.1 Å². The van der Waals surface area contributed by atoms with Gasteiger partial charge in [-0.1, -0.05) is 11.6 Å². The highest BCUT2D eigenvalue weighted by atomic mass is 35.5. The molecule has 0 aliphatic heterocycles. The second kappa shape index (κ2) is 8.09. The van der Waals surface area contributed by atoms with Crippen LogP contribution in [-0.4, -0.2) is 25.9 Å². The molecule has 0 fully saturated rings. The summed E-state index contributed by atoms with van der Waals surface area (Å²) in [5.41, 5.74) is -0.823. The van der Waals surface area contributed by atoms with Crippen LogP contribution in [0.5, 0.6) is 11.5 Å². The molecule has 1 amide bonds. The smallest absolute Gasteiger partial charge is 0.417 e. The van der Waals surface area contributed by atoms with Gasteiger partial charge < -0.3 is 14.8 Å². The standard InChI is InChI=1S/C17H13ClF3NO4/c1-25-14-5-2-10(8-23)6-15(14)26-9-16(24)22-11-3-4-13(18)12(7-11)17(19,20)21/h2-8H,9H2,1H3,(H,22,24). The first-order valence-corrected chi connectivity index (χ1v) is 7.55. The highest BCUT2D eigenvalue weighted by molar-refractivity contribution is 6.31. The van der Waals surface area contributed by atoms with Crippen molar-refractivity contribution in [2.45, 2.75) is 6.18 Å². The second-order valence-electron chi connectivity index (χ2n) is 5.06. The highest BCUT2D eigenvalue weighted by Gasteiger charge is 2.33. The van der Waals surface area contributed by atoms with E-state index in [9.17, 15) is 22.8 Å². The van der Waals surface area contributed by atoms with Gasteiger partial charge in [-0.05, 0) is 36.4 Å². The summed E-state index contributed by atoms with van der Waals surface area (Å²) in [6.45, 7) is -0.497. The molecule has 0 bridgehead atoms. The zero-order valence-corrected chi connectivity index (χ0v) is 14.1. The predicted octanol–water partition coefficient (Wildman–Crippen LogP) is 4.20. The molecule has 0 aliphatic rings. The van der Waals surface area contributed by atoms with E-state index in [2.05, 4.69) is 5.32 Å². The monoisotopic (exact) mass is 387 g/mol. The number of halogens is 4. The summed E-state index contributed by atoms with van der Waals surface area (Å²) in [4.78, 5) is 22.7. The van der Waals surface area contributed by atoms with Crippen molar-refractivity contribution in [2.24, 2.45) is 0 Å². The first-order valence-electron chi connectivity index (χ1n) is 7.17. The molecule has 138 valence electrons. The van der Waals surface area contributed by atoms with Gasteiger partial charge in [0.15, 0.2) is 18.1 Å². The summed E-state index contributed by atoms with van der Waals surface area (Å²) in [7, 11) is 1.38. The number of carbonyl (C=O) groups is 2. The van der Waals surface area contributed by atoms with Crippen LogP contribution >= 0.6 is 11.6 Å². The molecular formula is C17H13ClF3NO4. The quantitative estimate of drug-likeness (QED) is 0.755. The molecule has 26 heavy (non-hydrogen) atoms. The molecule has 0 aliphatic carbocycles. The Labute approximate surface area is 151 Å². The molecule has 2 aromatic rings. The number of hydrogen-bond donors (Lipinski definition) is 1. The SMILES string of the molecule is COc1ccc(C=O)cc1OCC(=O)Nc1ccc(Cl)c(C(F)(F)F)c1. The van der Waals surface area contributed by atoms with E-state index in [-0.39, 0.29) is 11.4 Å². The Morgan fingerprint density at radius 1 is 1.19 bits per heavy atom. The maximum Gasteiger partial charge on any atom is 0.417 e. The second-order valence-corrected chi connectivity index (χ2v) is 5.46. The van der Waals surface area contributed by atoms with Gasteiger partial charge in [-0.2, -0.15) is 13.2 Å². The van der Waals surface area contributed by atoms with Crippen LogP contribution in [0.3, 0.4) is 0 Å². The molecular weight excluding hydrogens is 375 g/mol. The number of methoxy groups -OCH3 is 1. The molecule has 1 N–H and O–H groups in total. The maximum absolute atomic E-state index is 12.8. The molecule has 0 spiro atoms. The fraction of sp³-hybridized carbons (Fsp3) is 0.176. The fourth-order valence-electron chi connectivity index (χ4n) is 2.04. The van der Waals surface area contributed by atoms with Crippen molar-refractivity contribution >= 4 is 29.5 Å². The van der Waals surface area contributed by atoms with Gasteiger partial charge in [0.25, 0.3) is 5.91 Å². The number of benzene rings is 2. The van der Waals surface area contributed by atoms with Crippen LogP contribution in [0.25, 0.3) is 0 Å². The van der Waals surface area contributed by atoms with Crippen LogP contribution in [0.4, 0.5) is 18.9 Å². The lowest BCUT2D eigenvalue weighted by molar-refractivity contribution is -0.137. The Bertz CT molecular complexity index is 824. The van der Waals surface area contributed by atoms with Gasteiger partial charge in [0.1, 0.15) is 6.29 Å². The van der Waals surface area contributed by atoms with Crippen molar-refractivity contribution in [2.75, 3.05) is 19.0 Å². The molecule has 0 atom stereocenters. The lowest BCUT2D eigenvalue weighted by Gasteiger charge is -2.13. The van der Waals surface area contributed by atoms with E-state index in [1.165, 1.54) is 31.4 Å². The molecule has 0 aromatic heterocycles. The highest BCUT2D eigenvalue weighted by Crippen LogP contribution is 2.36. The number of alkyl halides is 3. The van der Waals surface area contributed by atoms with Crippen molar-refractivity contribution < 1.29 is 32.2 Å². The van der Waals surface area contributed by atoms with Gasteiger partial charge in [0.05, 0.1) is 17.7 Å². The van der Waals surface area contributed by atoms with Crippen LogP contribution in [0, 0.1) is 0 Å². The number of anilines is 1. The van der Waals surface area contributed by atoms with Gasteiger partial charge in [0.2, 0.25) is 0 Å². The lowest BCUT2D eigenvalue weighted by atomic mass is 10.2. The zero-order valence-electron chi connectivity index (χ0n) is 13.4. The van der Waals surface area contributed by atoms with E-state index in [0.29, 0.717) is 17.6 Å². The number of ether oxygens (including phenoxy) is 2. The maximum atomic E-state index is 12.8. The van der Waals surface area contributed by atoms with Crippen LogP contribution in [-0.2, 0) is 11.0 Å². The number of hydrogen-bond acceptors (Lipinski definition) is 4. The largest absolute Gasteiger partial charge is 0.493 e. The summed E-state index contributed by atoms with van der Waals surface area (Å²) in [6.07, 6.45) is -4.05. The van der Waals surface area contributed by atoms with E-state index < -0.39 is 29.3 Å². The van der Waals surface area contributed by atoms with Crippen LogP contribution in [0.2, 0.25) is 5.02 Å². The Morgan fingerprint density at radius 3 is 2.54 bits per heavy atom. The third-order valence-corrected chi connectivity index (χ3v) is 3.57. The number of carbonyl (C=O) groups excluding carboxylic acids is 2. The average Bonchev–Trinajstić information content (AvgIpc) is 2.60. The number of aldehydes is 1. The van der Waals surface area contributed by atoms with E-state index in [1.54, 1.807) is 0 Å². The van der Waals surface area contributed by atoms with Crippen LogP contribution in [0.15, 0.2) is 36.4 Å². The minimum atomic E-state index is -4.64. The first-order chi connectivity index (χ1) is 12.2. The van der Waals surface area contributed by atoms with Crippen LogP contribution in [0.1, 0.15) is 15.9 Å². The summed E-state index contributed by atoms with van der Waals surface area (Å²) in [5, 5.41) is 1.81. The summed E-state index contributed by atoms with van der Waals surface area (Å²) >= 11 is 5.52. The molecule has 5 nitrogen and oxygen atoms in total. The molecule has 0 unspecified atom stereocenters. The van der Waals surface area contributed by atoms with E-state index >= 15 is 0 Å². The molecule has 2 rings (SSSR count). The number of nitrogens with one attached hydrogen (secondary N) is 1. The Balaban J connectivity index is 2.07. The molecule has 0 saturated carbocycles. The van der Waals surface area contributed by atoms with Crippen molar-refractivity contribution in [3.05, 3.63) is 52.5 Å². The minimum absolute atomic E-state index is 0.0797. The molecule has 0 saturated heterocycles. The third-order valence-electron chi connectivity index (χ3n) is 3.24. The van der Waals surface area contributed by atoms with E-state index in [4.69, 9.17) is 21.1 Å².